The Bertz CT molecular complexity index is 286. The first-order valence-electron chi connectivity index (χ1n) is 4.63. The third kappa shape index (κ3) is 2.41. The second-order valence-corrected chi connectivity index (χ2v) is 3.29. The molecule has 1 aliphatic heterocycles. The minimum atomic E-state index is 0. The van der Waals surface area contributed by atoms with Gasteiger partial charge < -0.3 is 11.1 Å². The van der Waals surface area contributed by atoms with Crippen molar-refractivity contribution in [1.29, 1.82) is 0 Å². The summed E-state index contributed by atoms with van der Waals surface area (Å²) in [6.45, 7) is 2.54. The SMILES string of the molecule is Cl.NCc1nccc(C2CCNC2)n1. The molecule has 0 saturated carbocycles. The molecule has 0 bridgehead atoms. The molecule has 1 atom stereocenters. The Morgan fingerprint density at radius 3 is 3.07 bits per heavy atom. The fourth-order valence-corrected chi connectivity index (χ4v) is 1.65. The number of halogens is 1. The van der Waals surface area contributed by atoms with Gasteiger partial charge in [-0.3, -0.25) is 0 Å². The van der Waals surface area contributed by atoms with E-state index in [0.717, 1.165) is 24.6 Å². The van der Waals surface area contributed by atoms with Crippen molar-refractivity contribution < 1.29 is 0 Å². The molecule has 1 unspecified atom stereocenters. The largest absolute Gasteiger partial charge is 0.324 e. The minimum Gasteiger partial charge on any atom is -0.324 e. The van der Waals surface area contributed by atoms with Crippen LogP contribution in [0.25, 0.3) is 0 Å². The molecule has 2 heterocycles. The molecule has 4 nitrogen and oxygen atoms in total. The molecule has 0 radical (unpaired) electrons. The standard InChI is InChI=1S/C9H14N4.ClH/c10-5-9-12-4-2-8(13-9)7-1-3-11-6-7;/h2,4,7,11H,1,3,5-6,10H2;1H. The molecule has 0 spiro atoms. The molecule has 1 aromatic rings. The van der Waals surface area contributed by atoms with Gasteiger partial charge in [0.15, 0.2) is 0 Å². The Hall–Kier alpha value is -0.710. The molecule has 0 amide bonds. The maximum Gasteiger partial charge on any atom is 0.142 e. The Balaban J connectivity index is 0.000000980. The second kappa shape index (κ2) is 5.24. The van der Waals surface area contributed by atoms with Gasteiger partial charge in [-0.15, -0.1) is 12.4 Å². The van der Waals surface area contributed by atoms with Crippen molar-refractivity contribution in [2.45, 2.75) is 18.9 Å². The summed E-state index contributed by atoms with van der Waals surface area (Å²) in [4.78, 5) is 8.47. The molecule has 1 fully saturated rings. The van der Waals surface area contributed by atoms with Gasteiger partial charge in [0.25, 0.3) is 0 Å². The summed E-state index contributed by atoms with van der Waals surface area (Å²) < 4.78 is 0. The highest BCUT2D eigenvalue weighted by Gasteiger charge is 2.17. The van der Waals surface area contributed by atoms with Crippen LogP contribution in [0, 0.1) is 0 Å². The second-order valence-electron chi connectivity index (χ2n) is 3.29. The summed E-state index contributed by atoms with van der Waals surface area (Å²) in [5.41, 5.74) is 6.60. The van der Waals surface area contributed by atoms with Crippen molar-refractivity contribution in [2.24, 2.45) is 5.73 Å². The van der Waals surface area contributed by atoms with Crippen LogP contribution >= 0.6 is 12.4 Å². The van der Waals surface area contributed by atoms with Crippen LogP contribution in [0.15, 0.2) is 12.3 Å². The van der Waals surface area contributed by atoms with Gasteiger partial charge in [-0.1, -0.05) is 0 Å². The van der Waals surface area contributed by atoms with E-state index in [-0.39, 0.29) is 12.4 Å². The van der Waals surface area contributed by atoms with Crippen LogP contribution in [-0.2, 0) is 6.54 Å². The van der Waals surface area contributed by atoms with E-state index in [9.17, 15) is 0 Å². The van der Waals surface area contributed by atoms with Crippen LogP contribution in [0.4, 0.5) is 0 Å². The minimum absolute atomic E-state index is 0. The number of rotatable bonds is 2. The first kappa shape index (κ1) is 11.4. The number of nitrogens with one attached hydrogen (secondary N) is 1. The highest BCUT2D eigenvalue weighted by atomic mass is 35.5. The summed E-state index contributed by atoms with van der Waals surface area (Å²) in [5, 5.41) is 3.32. The van der Waals surface area contributed by atoms with Gasteiger partial charge in [0.2, 0.25) is 0 Å². The van der Waals surface area contributed by atoms with Crippen LogP contribution in [-0.4, -0.2) is 23.1 Å². The fraction of sp³-hybridized carbons (Fsp3) is 0.556. The number of hydrogen-bond acceptors (Lipinski definition) is 4. The van der Waals surface area contributed by atoms with Gasteiger partial charge in [-0.25, -0.2) is 9.97 Å². The maximum atomic E-state index is 5.48. The van der Waals surface area contributed by atoms with Crippen molar-refractivity contribution in [2.75, 3.05) is 13.1 Å². The van der Waals surface area contributed by atoms with Crippen molar-refractivity contribution in [3.05, 3.63) is 23.8 Å². The van der Waals surface area contributed by atoms with E-state index in [2.05, 4.69) is 15.3 Å². The summed E-state index contributed by atoms with van der Waals surface area (Å²) in [7, 11) is 0. The lowest BCUT2D eigenvalue weighted by atomic mass is 10.1. The smallest absolute Gasteiger partial charge is 0.142 e. The lowest BCUT2D eigenvalue weighted by Crippen LogP contribution is -2.11. The Kier molecular flexibility index (Phi) is 4.25. The first-order valence-corrected chi connectivity index (χ1v) is 4.63. The van der Waals surface area contributed by atoms with Crippen molar-refractivity contribution in [1.82, 2.24) is 15.3 Å². The quantitative estimate of drug-likeness (QED) is 0.750. The monoisotopic (exact) mass is 214 g/mol. The molecular weight excluding hydrogens is 200 g/mol. The summed E-state index contributed by atoms with van der Waals surface area (Å²) in [5.74, 6) is 1.29. The van der Waals surface area contributed by atoms with Gasteiger partial charge in [-0.05, 0) is 19.0 Å². The van der Waals surface area contributed by atoms with E-state index < -0.39 is 0 Å². The van der Waals surface area contributed by atoms with E-state index in [0.29, 0.717) is 12.5 Å². The summed E-state index contributed by atoms with van der Waals surface area (Å²) >= 11 is 0. The molecular formula is C9H15ClN4. The third-order valence-corrected chi connectivity index (χ3v) is 2.39. The predicted molar refractivity (Wildman–Crippen MR) is 57.4 cm³/mol. The zero-order valence-electron chi connectivity index (χ0n) is 7.94. The number of nitrogens with zero attached hydrogens (tertiary/aromatic N) is 2. The Morgan fingerprint density at radius 2 is 2.43 bits per heavy atom. The van der Waals surface area contributed by atoms with E-state index in [1.54, 1.807) is 6.20 Å². The Morgan fingerprint density at radius 1 is 1.57 bits per heavy atom. The van der Waals surface area contributed by atoms with E-state index in [4.69, 9.17) is 5.73 Å². The van der Waals surface area contributed by atoms with Gasteiger partial charge in [-0.2, -0.15) is 0 Å². The molecule has 14 heavy (non-hydrogen) atoms. The van der Waals surface area contributed by atoms with Crippen molar-refractivity contribution in [3.8, 4) is 0 Å². The zero-order chi connectivity index (χ0) is 9.10. The van der Waals surface area contributed by atoms with Crippen LogP contribution in [0.1, 0.15) is 23.9 Å². The number of nitrogens with two attached hydrogens (primary N) is 1. The Labute approximate surface area is 89.7 Å². The van der Waals surface area contributed by atoms with Crippen LogP contribution in [0.3, 0.4) is 0 Å². The molecule has 3 N–H and O–H groups in total. The average molecular weight is 215 g/mol. The molecule has 0 aromatic carbocycles. The molecule has 2 rings (SSSR count). The molecule has 1 aromatic heterocycles. The molecule has 0 aliphatic carbocycles. The van der Waals surface area contributed by atoms with E-state index >= 15 is 0 Å². The van der Waals surface area contributed by atoms with E-state index in [1.165, 1.54) is 6.42 Å². The summed E-state index contributed by atoms with van der Waals surface area (Å²) in [6.07, 6.45) is 2.96. The average Bonchev–Trinajstić information content (AvgIpc) is 2.71. The van der Waals surface area contributed by atoms with Crippen molar-refractivity contribution in [3.63, 3.8) is 0 Å². The highest BCUT2D eigenvalue weighted by Crippen LogP contribution is 2.19. The van der Waals surface area contributed by atoms with Gasteiger partial charge in [0.1, 0.15) is 5.82 Å². The van der Waals surface area contributed by atoms with E-state index in [1.807, 2.05) is 6.07 Å². The lowest BCUT2D eigenvalue weighted by molar-refractivity contribution is 0.716. The number of hydrogen-bond donors (Lipinski definition) is 2. The first-order chi connectivity index (χ1) is 6.40. The van der Waals surface area contributed by atoms with Crippen LogP contribution in [0.5, 0.6) is 0 Å². The maximum absolute atomic E-state index is 5.48. The van der Waals surface area contributed by atoms with Crippen LogP contribution < -0.4 is 11.1 Å². The van der Waals surface area contributed by atoms with Gasteiger partial charge in [0, 0.05) is 24.4 Å². The fourth-order valence-electron chi connectivity index (χ4n) is 1.65. The topological polar surface area (TPSA) is 63.8 Å². The van der Waals surface area contributed by atoms with Gasteiger partial charge in [0.05, 0.1) is 6.54 Å². The van der Waals surface area contributed by atoms with Crippen LogP contribution in [0.2, 0.25) is 0 Å². The normalized spacial score (nSPS) is 20.5. The predicted octanol–water partition coefficient (Wildman–Crippen LogP) is 0.434. The van der Waals surface area contributed by atoms with Crippen molar-refractivity contribution >= 4 is 12.4 Å². The molecule has 78 valence electrons. The summed E-state index contributed by atoms with van der Waals surface area (Å²) in [6, 6.07) is 1.98. The van der Waals surface area contributed by atoms with Gasteiger partial charge >= 0.3 is 0 Å². The molecule has 1 aliphatic rings. The molecule has 1 saturated heterocycles. The highest BCUT2D eigenvalue weighted by molar-refractivity contribution is 5.85. The molecule has 5 heteroatoms. The zero-order valence-corrected chi connectivity index (χ0v) is 8.76. The lowest BCUT2D eigenvalue weighted by Gasteiger charge is -2.07. The third-order valence-electron chi connectivity index (χ3n) is 2.39. The number of aromatic nitrogens is 2.